The Morgan fingerprint density at radius 1 is 0.967 bits per heavy atom. The second-order valence-electron chi connectivity index (χ2n) is 6.86. The summed E-state index contributed by atoms with van der Waals surface area (Å²) in [6.07, 6.45) is 2.29. The molecule has 0 saturated heterocycles. The summed E-state index contributed by atoms with van der Waals surface area (Å²) in [4.78, 5) is 58.7. The van der Waals surface area contributed by atoms with Crippen molar-refractivity contribution in [2.24, 2.45) is 11.7 Å². The summed E-state index contributed by atoms with van der Waals surface area (Å²) < 4.78 is 0. The molecule has 0 aromatic rings. The van der Waals surface area contributed by atoms with E-state index in [4.69, 9.17) is 15.9 Å². The van der Waals surface area contributed by atoms with Crippen molar-refractivity contribution in [1.82, 2.24) is 16.0 Å². The van der Waals surface area contributed by atoms with Crippen LogP contribution in [0, 0.1) is 5.92 Å². The number of aliphatic carboxylic acids is 2. The van der Waals surface area contributed by atoms with E-state index in [1.165, 1.54) is 11.8 Å². The number of amides is 3. The van der Waals surface area contributed by atoms with Gasteiger partial charge in [-0.05, 0) is 30.8 Å². The molecule has 7 N–H and O–H groups in total. The third kappa shape index (κ3) is 11.0. The van der Waals surface area contributed by atoms with Crippen LogP contribution in [0.4, 0.5) is 0 Å². The topological polar surface area (TPSA) is 188 Å². The van der Waals surface area contributed by atoms with E-state index in [-0.39, 0.29) is 25.2 Å². The SMILES string of the molecule is CCC(C)C(NC(=O)C(N)CCC(=O)O)C(=O)NC(CCSC)C(=O)NCC(=O)O. The number of carboxylic acids is 2. The molecule has 12 heteroatoms. The van der Waals surface area contributed by atoms with Gasteiger partial charge in [0, 0.05) is 6.42 Å². The quantitative estimate of drug-likeness (QED) is 0.185. The first kappa shape index (κ1) is 27.7. The maximum Gasteiger partial charge on any atom is 0.322 e. The first-order chi connectivity index (χ1) is 14.0. The zero-order valence-corrected chi connectivity index (χ0v) is 18.3. The molecule has 0 aliphatic carbocycles. The van der Waals surface area contributed by atoms with Crippen molar-refractivity contribution >= 4 is 41.4 Å². The monoisotopic (exact) mass is 448 g/mol. The standard InChI is InChI=1S/C18H32N4O7S/c1-4-10(2)15(22-16(27)11(19)5-6-13(23)24)18(29)21-12(7-8-30-3)17(28)20-9-14(25)26/h10-12,15H,4-9,19H2,1-3H3,(H,20,28)(H,21,29)(H,22,27)(H,23,24)(H,25,26). The Bertz CT molecular complexity index is 617. The smallest absolute Gasteiger partial charge is 0.322 e. The van der Waals surface area contributed by atoms with Crippen molar-refractivity contribution < 1.29 is 34.2 Å². The van der Waals surface area contributed by atoms with Gasteiger partial charge in [-0.1, -0.05) is 20.3 Å². The molecule has 0 aliphatic rings. The van der Waals surface area contributed by atoms with Crippen LogP contribution in [-0.4, -0.2) is 76.6 Å². The van der Waals surface area contributed by atoms with Crippen molar-refractivity contribution in [2.45, 2.75) is 57.7 Å². The normalized spacial score (nSPS) is 14.7. The Kier molecular flexibility index (Phi) is 13.5. The molecule has 0 aliphatic heterocycles. The second-order valence-corrected chi connectivity index (χ2v) is 7.85. The van der Waals surface area contributed by atoms with Gasteiger partial charge < -0.3 is 31.9 Å². The Hall–Kier alpha value is -2.34. The van der Waals surface area contributed by atoms with Gasteiger partial charge in [-0.3, -0.25) is 24.0 Å². The lowest BCUT2D eigenvalue weighted by Crippen LogP contribution is -2.58. The van der Waals surface area contributed by atoms with E-state index < -0.39 is 54.3 Å². The number of hydrogen-bond acceptors (Lipinski definition) is 7. The van der Waals surface area contributed by atoms with Crippen LogP contribution in [0.15, 0.2) is 0 Å². The average Bonchev–Trinajstić information content (AvgIpc) is 2.70. The summed E-state index contributed by atoms with van der Waals surface area (Å²) >= 11 is 1.46. The van der Waals surface area contributed by atoms with E-state index in [0.29, 0.717) is 12.2 Å². The molecule has 3 amide bonds. The number of nitrogens with two attached hydrogens (primary N) is 1. The van der Waals surface area contributed by atoms with Gasteiger partial charge in [0.1, 0.15) is 18.6 Å². The van der Waals surface area contributed by atoms with Crippen LogP contribution >= 0.6 is 11.8 Å². The van der Waals surface area contributed by atoms with E-state index in [1.54, 1.807) is 6.92 Å². The number of carbonyl (C=O) groups excluding carboxylic acids is 3. The first-order valence-corrected chi connectivity index (χ1v) is 11.0. The molecular formula is C18H32N4O7S. The minimum Gasteiger partial charge on any atom is -0.481 e. The fraction of sp³-hybridized carbons (Fsp3) is 0.722. The van der Waals surface area contributed by atoms with Crippen molar-refractivity contribution in [2.75, 3.05) is 18.6 Å². The summed E-state index contributed by atoms with van der Waals surface area (Å²) in [5, 5.41) is 24.8. The van der Waals surface area contributed by atoms with Gasteiger partial charge in [0.15, 0.2) is 0 Å². The lowest BCUT2D eigenvalue weighted by Gasteiger charge is -2.27. The van der Waals surface area contributed by atoms with Gasteiger partial charge in [0.25, 0.3) is 0 Å². The van der Waals surface area contributed by atoms with E-state index in [9.17, 15) is 24.0 Å². The minimum atomic E-state index is -1.21. The number of carbonyl (C=O) groups is 5. The van der Waals surface area contributed by atoms with Gasteiger partial charge in [-0.2, -0.15) is 11.8 Å². The highest BCUT2D eigenvalue weighted by atomic mass is 32.2. The summed E-state index contributed by atoms with van der Waals surface area (Å²) in [6, 6.07) is -3.04. The van der Waals surface area contributed by atoms with Crippen LogP contribution in [0.3, 0.4) is 0 Å². The summed E-state index contributed by atoms with van der Waals surface area (Å²) in [5.41, 5.74) is 5.71. The molecule has 0 fully saturated rings. The summed E-state index contributed by atoms with van der Waals surface area (Å²) in [6.45, 7) is 3.00. The Morgan fingerprint density at radius 2 is 1.60 bits per heavy atom. The molecule has 0 saturated carbocycles. The molecule has 4 unspecified atom stereocenters. The highest BCUT2D eigenvalue weighted by molar-refractivity contribution is 7.98. The molecule has 0 spiro atoms. The lowest BCUT2D eigenvalue weighted by atomic mass is 9.97. The molecule has 4 atom stereocenters. The van der Waals surface area contributed by atoms with E-state index >= 15 is 0 Å². The van der Waals surface area contributed by atoms with E-state index in [0.717, 1.165) is 0 Å². The van der Waals surface area contributed by atoms with Gasteiger partial charge in [0.05, 0.1) is 6.04 Å². The zero-order valence-electron chi connectivity index (χ0n) is 17.5. The number of carboxylic acid groups (broad SMARTS) is 2. The molecule has 0 radical (unpaired) electrons. The van der Waals surface area contributed by atoms with Crippen molar-refractivity contribution in [3.8, 4) is 0 Å². The molecule has 0 heterocycles. The molecule has 30 heavy (non-hydrogen) atoms. The zero-order chi connectivity index (χ0) is 23.3. The second kappa shape index (κ2) is 14.6. The molecule has 0 bridgehead atoms. The molecule has 0 aromatic carbocycles. The van der Waals surface area contributed by atoms with Crippen molar-refractivity contribution in [1.29, 1.82) is 0 Å². The predicted molar refractivity (Wildman–Crippen MR) is 112 cm³/mol. The maximum absolute atomic E-state index is 12.8. The van der Waals surface area contributed by atoms with Crippen molar-refractivity contribution in [3.05, 3.63) is 0 Å². The predicted octanol–water partition coefficient (Wildman–Crippen LogP) is -0.852. The van der Waals surface area contributed by atoms with Gasteiger partial charge in [-0.15, -0.1) is 0 Å². The third-order valence-electron chi connectivity index (χ3n) is 4.46. The molecule has 11 nitrogen and oxygen atoms in total. The Balaban J connectivity index is 5.22. The van der Waals surface area contributed by atoms with Crippen LogP contribution in [0.5, 0.6) is 0 Å². The average molecular weight is 449 g/mol. The van der Waals surface area contributed by atoms with E-state index in [1.807, 2.05) is 13.2 Å². The first-order valence-electron chi connectivity index (χ1n) is 9.59. The highest BCUT2D eigenvalue weighted by Crippen LogP contribution is 2.10. The number of rotatable bonds is 15. The number of thioether (sulfide) groups is 1. The largest absolute Gasteiger partial charge is 0.481 e. The van der Waals surface area contributed by atoms with E-state index in [2.05, 4.69) is 16.0 Å². The van der Waals surface area contributed by atoms with Gasteiger partial charge >= 0.3 is 11.9 Å². The van der Waals surface area contributed by atoms with Crippen LogP contribution in [0.2, 0.25) is 0 Å². The maximum atomic E-state index is 12.8. The molecule has 0 aromatic heterocycles. The fourth-order valence-electron chi connectivity index (χ4n) is 2.42. The Labute approximate surface area is 179 Å². The highest BCUT2D eigenvalue weighted by Gasteiger charge is 2.31. The van der Waals surface area contributed by atoms with Crippen LogP contribution in [0.1, 0.15) is 39.5 Å². The van der Waals surface area contributed by atoms with Crippen LogP contribution in [0.25, 0.3) is 0 Å². The van der Waals surface area contributed by atoms with Crippen LogP contribution in [-0.2, 0) is 24.0 Å². The van der Waals surface area contributed by atoms with Crippen LogP contribution < -0.4 is 21.7 Å². The van der Waals surface area contributed by atoms with Gasteiger partial charge in [-0.25, -0.2) is 0 Å². The third-order valence-corrected chi connectivity index (χ3v) is 5.10. The van der Waals surface area contributed by atoms with Gasteiger partial charge in [0.2, 0.25) is 17.7 Å². The number of nitrogens with one attached hydrogen (secondary N) is 3. The lowest BCUT2D eigenvalue weighted by molar-refractivity contribution is -0.139. The minimum absolute atomic E-state index is 0.0794. The molecular weight excluding hydrogens is 416 g/mol. The summed E-state index contributed by atoms with van der Waals surface area (Å²) in [7, 11) is 0. The Morgan fingerprint density at radius 3 is 2.10 bits per heavy atom. The molecule has 172 valence electrons. The molecule has 0 rings (SSSR count). The summed E-state index contributed by atoms with van der Waals surface area (Å²) in [5.74, 6) is -3.92. The van der Waals surface area contributed by atoms with Crippen molar-refractivity contribution in [3.63, 3.8) is 0 Å². The number of hydrogen-bond donors (Lipinski definition) is 6. The fourth-order valence-corrected chi connectivity index (χ4v) is 2.90.